The summed E-state index contributed by atoms with van der Waals surface area (Å²) in [5.74, 6) is 0.736. The molecule has 0 atom stereocenters. The first kappa shape index (κ1) is 14.4. The van der Waals surface area contributed by atoms with E-state index in [0.717, 1.165) is 5.56 Å². The smallest absolute Gasteiger partial charge is 0.409 e. The van der Waals surface area contributed by atoms with Crippen molar-refractivity contribution in [2.75, 3.05) is 0 Å². The fourth-order valence-corrected chi connectivity index (χ4v) is 1.46. The number of aryl methyl sites for hydroxylation is 1. The molecule has 0 aliphatic rings. The standard InChI is InChI=1S/C15H14N2O4/c1-11-7-9-13(10-8-11)21-15(19)17-16-14(18)20-12-5-3-2-4-6-12/h2-10H,1H3,(H,16,18)(H,17,19). The first-order valence-electron chi connectivity index (χ1n) is 6.21. The van der Waals surface area contributed by atoms with E-state index in [1.165, 1.54) is 0 Å². The van der Waals surface area contributed by atoms with Gasteiger partial charge in [-0.25, -0.2) is 20.4 Å². The van der Waals surface area contributed by atoms with Crippen molar-refractivity contribution in [3.05, 3.63) is 60.2 Å². The Kier molecular flexibility index (Phi) is 4.76. The molecule has 2 rings (SSSR count). The molecule has 21 heavy (non-hydrogen) atoms. The van der Waals surface area contributed by atoms with Crippen LogP contribution in [0.1, 0.15) is 5.56 Å². The zero-order valence-electron chi connectivity index (χ0n) is 11.3. The number of amides is 2. The third-order valence-electron chi connectivity index (χ3n) is 2.45. The molecule has 6 heteroatoms. The van der Waals surface area contributed by atoms with Gasteiger partial charge in [0.1, 0.15) is 11.5 Å². The van der Waals surface area contributed by atoms with Gasteiger partial charge < -0.3 is 9.47 Å². The molecule has 2 N–H and O–H groups in total. The molecule has 0 aliphatic carbocycles. The predicted molar refractivity (Wildman–Crippen MR) is 75.9 cm³/mol. The molecule has 2 aromatic carbocycles. The molecule has 6 nitrogen and oxygen atoms in total. The van der Waals surface area contributed by atoms with Crippen LogP contribution in [-0.4, -0.2) is 12.2 Å². The zero-order chi connectivity index (χ0) is 15.1. The Hall–Kier alpha value is -3.02. The fraction of sp³-hybridized carbons (Fsp3) is 0.0667. The Bertz CT molecular complexity index is 611. The SMILES string of the molecule is Cc1ccc(OC(=O)NNC(=O)Oc2ccccc2)cc1. The molecule has 0 heterocycles. The van der Waals surface area contributed by atoms with Gasteiger partial charge >= 0.3 is 12.2 Å². The second kappa shape index (κ2) is 6.95. The van der Waals surface area contributed by atoms with Crippen molar-refractivity contribution < 1.29 is 19.1 Å². The van der Waals surface area contributed by atoms with Crippen LogP contribution in [-0.2, 0) is 0 Å². The highest BCUT2D eigenvalue weighted by molar-refractivity contribution is 5.76. The molecule has 0 saturated carbocycles. The summed E-state index contributed by atoms with van der Waals surface area (Å²) >= 11 is 0. The Balaban J connectivity index is 1.76. The van der Waals surface area contributed by atoms with Crippen LogP contribution in [0.4, 0.5) is 9.59 Å². The predicted octanol–water partition coefficient (Wildman–Crippen LogP) is 2.79. The maximum atomic E-state index is 11.5. The molecule has 2 aromatic rings. The third kappa shape index (κ3) is 4.87. The van der Waals surface area contributed by atoms with Gasteiger partial charge in [0.2, 0.25) is 0 Å². The molecular weight excluding hydrogens is 272 g/mol. The van der Waals surface area contributed by atoms with Crippen molar-refractivity contribution in [3.8, 4) is 11.5 Å². The van der Waals surface area contributed by atoms with Crippen molar-refractivity contribution in [1.82, 2.24) is 10.9 Å². The van der Waals surface area contributed by atoms with E-state index in [0.29, 0.717) is 11.5 Å². The van der Waals surface area contributed by atoms with Crippen LogP contribution in [0.3, 0.4) is 0 Å². The number of hydrogen-bond donors (Lipinski definition) is 2. The summed E-state index contributed by atoms with van der Waals surface area (Å²) in [6, 6.07) is 15.4. The Labute approximate surface area is 121 Å². The molecule has 0 fully saturated rings. The number of hydrogen-bond acceptors (Lipinski definition) is 4. The van der Waals surface area contributed by atoms with Crippen molar-refractivity contribution >= 4 is 12.2 Å². The van der Waals surface area contributed by atoms with Gasteiger partial charge in [-0.15, -0.1) is 0 Å². The van der Waals surface area contributed by atoms with Crippen LogP contribution < -0.4 is 20.3 Å². The minimum Gasteiger partial charge on any atom is -0.409 e. The Morgan fingerprint density at radius 1 is 0.762 bits per heavy atom. The van der Waals surface area contributed by atoms with Gasteiger partial charge in [0.25, 0.3) is 0 Å². The van der Waals surface area contributed by atoms with Gasteiger partial charge in [-0.1, -0.05) is 35.9 Å². The number of para-hydroxylation sites is 1. The minimum absolute atomic E-state index is 0.365. The lowest BCUT2D eigenvalue weighted by Crippen LogP contribution is -2.44. The van der Waals surface area contributed by atoms with E-state index >= 15 is 0 Å². The molecular formula is C15H14N2O4. The lowest BCUT2D eigenvalue weighted by Gasteiger charge is -2.08. The summed E-state index contributed by atoms with van der Waals surface area (Å²) in [4.78, 5) is 22.9. The highest BCUT2D eigenvalue weighted by Gasteiger charge is 2.08. The van der Waals surface area contributed by atoms with E-state index in [4.69, 9.17) is 9.47 Å². The number of carbonyl (C=O) groups is 2. The first-order valence-corrected chi connectivity index (χ1v) is 6.21. The molecule has 0 saturated heterocycles. The maximum Gasteiger partial charge on any atom is 0.431 e. The van der Waals surface area contributed by atoms with Gasteiger partial charge in [0, 0.05) is 0 Å². The van der Waals surface area contributed by atoms with E-state index in [1.54, 1.807) is 54.6 Å². The maximum absolute atomic E-state index is 11.5. The summed E-state index contributed by atoms with van der Waals surface area (Å²) in [7, 11) is 0. The zero-order valence-corrected chi connectivity index (χ0v) is 11.3. The van der Waals surface area contributed by atoms with Gasteiger partial charge in [-0.3, -0.25) is 0 Å². The van der Waals surface area contributed by atoms with E-state index in [9.17, 15) is 9.59 Å². The van der Waals surface area contributed by atoms with Crippen LogP contribution in [0.2, 0.25) is 0 Å². The topological polar surface area (TPSA) is 76.7 Å². The lowest BCUT2D eigenvalue weighted by molar-refractivity contribution is 0.179. The largest absolute Gasteiger partial charge is 0.431 e. The Morgan fingerprint density at radius 2 is 1.24 bits per heavy atom. The van der Waals surface area contributed by atoms with E-state index in [1.807, 2.05) is 6.92 Å². The molecule has 108 valence electrons. The van der Waals surface area contributed by atoms with Crippen LogP contribution in [0.15, 0.2) is 54.6 Å². The molecule has 0 radical (unpaired) electrons. The van der Waals surface area contributed by atoms with E-state index in [2.05, 4.69) is 10.9 Å². The molecule has 0 aromatic heterocycles. The van der Waals surface area contributed by atoms with Crippen molar-refractivity contribution in [2.45, 2.75) is 6.92 Å². The number of hydrazine groups is 1. The number of benzene rings is 2. The van der Waals surface area contributed by atoms with Crippen LogP contribution in [0.5, 0.6) is 11.5 Å². The number of carbonyl (C=O) groups excluding carboxylic acids is 2. The highest BCUT2D eigenvalue weighted by atomic mass is 16.6. The monoisotopic (exact) mass is 286 g/mol. The second-order valence-corrected chi connectivity index (χ2v) is 4.16. The van der Waals surface area contributed by atoms with E-state index in [-0.39, 0.29) is 0 Å². The molecule has 0 spiro atoms. The molecule has 0 unspecified atom stereocenters. The van der Waals surface area contributed by atoms with Gasteiger partial charge in [-0.05, 0) is 31.2 Å². The van der Waals surface area contributed by atoms with Crippen molar-refractivity contribution in [1.29, 1.82) is 0 Å². The summed E-state index contributed by atoms with van der Waals surface area (Å²) < 4.78 is 9.86. The van der Waals surface area contributed by atoms with Gasteiger partial charge in [0.15, 0.2) is 0 Å². The minimum atomic E-state index is -0.818. The summed E-state index contributed by atoms with van der Waals surface area (Å²) in [6.45, 7) is 1.92. The van der Waals surface area contributed by atoms with E-state index < -0.39 is 12.2 Å². The summed E-state index contributed by atoms with van der Waals surface area (Å²) in [6.07, 6.45) is -1.63. The normalized spacial score (nSPS) is 9.57. The van der Waals surface area contributed by atoms with Crippen molar-refractivity contribution in [3.63, 3.8) is 0 Å². The Morgan fingerprint density at radius 3 is 1.76 bits per heavy atom. The van der Waals surface area contributed by atoms with Gasteiger partial charge in [-0.2, -0.15) is 0 Å². The average molecular weight is 286 g/mol. The number of nitrogens with one attached hydrogen (secondary N) is 2. The molecule has 0 aliphatic heterocycles. The lowest BCUT2D eigenvalue weighted by atomic mass is 10.2. The van der Waals surface area contributed by atoms with Crippen LogP contribution >= 0.6 is 0 Å². The average Bonchev–Trinajstić information content (AvgIpc) is 2.49. The number of rotatable bonds is 2. The molecule has 2 amide bonds. The fourth-order valence-electron chi connectivity index (χ4n) is 1.46. The second-order valence-electron chi connectivity index (χ2n) is 4.16. The van der Waals surface area contributed by atoms with Crippen LogP contribution in [0, 0.1) is 6.92 Å². The first-order chi connectivity index (χ1) is 10.1. The quantitative estimate of drug-likeness (QED) is 0.832. The van der Waals surface area contributed by atoms with Gasteiger partial charge in [0.05, 0.1) is 0 Å². The number of ether oxygens (including phenoxy) is 2. The highest BCUT2D eigenvalue weighted by Crippen LogP contribution is 2.11. The van der Waals surface area contributed by atoms with Crippen molar-refractivity contribution in [2.24, 2.45) is 0 Å². The summed E-state index contributed by atoms with van der Waals surface area (Å²) in [5, 5.41) is 0. The molecule has 0 bridgehead atoms. The van der Waals surface area contributed by atoms with Crippen LogP contribution in [0.25, 0.3) is 0 Å². The summed E-state index contributed by atoms with van der Waals surface area (Å²) in [5.41, 5.74) is 5.21. The third-order valence-corrected chi connectivity index (χ3v) is 2.45.